The van der Waals surface area contributed by atoms with Gasteiger partial charge in [0.15, 0.2) is 0 Å². The van der Waals surface area contributed by atoms with Gasteiger partial charge in [-0.1, -0.05) is 0 Å². The van der Waals surface area contributed by atoms with Crippen LogP contribution < -0.4 is 9.64 Å². The summed E-state index contributed by atoms with van der Waals surface area (Å²) in [7, 11) is 1.59. The summed E-state index contributed by atoms with van der Waals surface area (Å²) in [5, 5.41) is 9.04. The van der Waals surface area contributed by atoms with E-state index in [2.05, 4.69) is 9.88 Å². The van der Waals surface area contributed by atoms with Crippen molar-refractivity contribution in [3.05, 3.63) is 18.5 Å². The molecule has 0 radical (unpaired) electrons. The second kappa shape index (κ2) is 5.03. The van der Waals surface area contributed by atoms with Crippen LogP contribution in [0.1, 0.15) is 12.8 Å². The Hall–Kier alpha value is -1.78. The topological polar surface area (TPSA) is 62.7 Å². The fraction of sp³-hybridized carbons (Fsp3) is 0.500. The summed E-state index contributed by atoms with van der Waals surface area (Å²) in [6, 6.07) is 1.89. The van der Waals surface area contributed by atoms with Crippen molar-refractivity contribution in [2.24, 2.45) is 5.92 Å². The van der Waals surface area contributed by atoms with Crippen molar-refractivity contribution in [2.75, 3.05) is 25.1 Å². The Morgan fingerprint density at radius 3 is 3.12 bits per heavy atom. The minimum Gasteiger partial charge on any atom is -0.495 e. The Balaban J connectivity index is 2.13. The Morgan fingerprint density at radius 1 is 1.59 bits per heavy atom. The predicted molar refractivity (Wildman–Crippen MR) is 63.4 cm³/mol. The number of aromatic nitrogens is 1. The number of ether oxygens (including phenoxy) is 1. The molecule has 2 rings (SSSR count). The summed E-state index contributed by atoms with van der Waals surface area (Å²) in [5.74, 6) is -0.305. The van der Waals surface area contributed by atoms with Crippen molar-refractivity contribution in [1.29, 1.82) is 0 Å². The van der Waals surface area contributed by atoms with Crippen LogP contribution in [0.15, 0.2) is 18.5 Å². The van der Waals surface area contributed by atoms with Gasteiger partial charge in [-0.15, -0.1) is 0 Å². The molecule has 1 unspecified atom stereocenters. The molecular weight excluding hydrogens is 220 g/mol. The molecule has 1 aromatic heterocycles. The Morgan fingerprint density at radius 2 is 2.41 bits per heavy atom. The van der Waals surface area contributed by atoms with E-state index < -0.39 is 5.97 Å². The van der Waals surface area contributed by atoms with Crippen LogP contribution in [-0.4, -0.2) is 36.3 Å². The zero-order chi connectivity index (χ0) is 12.3. The minimum absolute atomic E-state index is 0.282. The second-order valence-corrected chi connectivity index (χ2v) is 4.21. The van der Waals surface area contributed by atoms with Gasteiger partial charge in [0.1, 0.15) is 5.75 Å². The first-order valence-corrected chi connectivity index (χ1v) is 5.67. The summed E-state index contributed by atoms with van der Waals surface area (Å²) >= 11 is 0. The van der Waals surface area contributed by atoms with Crippen LogP contribution in [0.3, 0.4) is 0 Å². The highest BCUT2D eigenvalue weighted by Crippen LogP contribution is 2.25. The van der Waals surface area contributed by atoms with Crippen LogP contribution in [0.4, 0.5) is 5.69 Å². The molecule has 5 heteroatoms. The zero-order valence-corrected chi connectivity index (χ0v) is 9.80. The number of carboxylic acid groups (broad SMARTS) is 1. The van der Waals surface area contributed by atoms with Gasteiger partial charge in [-0.3, -0.25) is 9.78 Å². The fourth-order valence-corrected chi connectivity index (χ4v) is 2.11. The summed E-state index contributed by atoms with van der Waals surface area (Å²) in [6.45, 7) is 1.42. The second-order valence-electron chi connectivity index (χ2n) is 4.21. The number of carbonyl (C=O) groups is 1. The number of piperidine rings is 1. The van der Waals surface area contributed by atoms with E-state index in [0.29, 0.717) is 12.3 Å². The van der Waals surface area contributed by atoms with Crippen LogP contribution in [0, 0.1) is 5.92 Å². The number of nitrogens with zero attached hydrogens (tertiary/aromatic N) is 2. The Labute approximate surface area is 100 Å². The normalized spacial score (nSPS) is 20.1. The van der Waals surface area contributed by atoms with Crippen LogP contribution in [0.25, 0.3) is 0 Å². The van der Waals surface area contributed by atoms with E-state index in [9.17, 15) is 4.79 Å². The van der Waals surface area contributed by atoms with Gasteiger partial charge in [-0.05, 0) is 12.8 Å². The third-order valence-corrected chi connectivity index (χ3v) is 3.07. The number of carboxylic acids is 1. The van der Waals surface area contributed by atoms with Gasteiger partial charge in [0, 0.05) is 19.2 Å². The fourth-order valence-electron chi connectivity index (χ4n) is 2.11. The third kappa shape index (κ3) is 2.67. The van der Waals surface area contributed by atoms with Gasteiger partial charge >= 0.3 is 5.97 Å². The summed E-state index contributed by atoms with van der Waals surface area (Å²) in [6.07, 6.45) is 5.03. The van der Waals surface area contributed by atoms with Crippen molar-refractivity contribution in [3.8, 4) is 5.75 Å². The standard InChI is InChI=1S/C12H16N2O3/c1-17-11-5-10(6-13-7-11)14-4-2-3-9(8-14)12(15)16/h5-7,9H,2-4,8H2,1H3,(H,15,16). The maximum atomic E-state index is 11.0. The molecule has 1 atom stereocenters. The maximum absolute atomic E-state index is 11.0. The summed E-state index contributed by atoms with van der Waals surface area (Å²) in [4.78, 5) is 17.1. The molecule has 1 aliphatic rings. The van der Waals surface area contributed by atoms with E-state index in [1.165, 1.54) is 0 Å². The summed E-state index contributed by atoms with van der Waals surface area (Å²) < 4.78 is 5.11. The molecule has 0 saturated carbocycles. The molecule has 0 aromatic carbocycles. The number of anilines is 1. The van der Waals surface area contributed by atoms with Gasteiger partial charge in [0.05, 0.1) is 31.1 Å². The minimum atomic E-state index is -0.717. The lowest BCUT2D eigenvalue weighted by Gasteiger charge is -2.32. The third-order valence-electron chi connectivity index (χ3n) is 3.07. The first-order chi connectivity index (χ1) is 8.20. The molecule has 1 N–H and O–H groups in total. The number of methoxy groups -OCH3 is 1. The highest BCUT2D eigenvalue weighted by Gasteiger charge is 2.25. The van der Waals surface area contributed by atoms with Crippen molar-refractivity contribution >= 4 is 11.7 Å². The van der Waals surface area contributed by atoms with Crippen molar-refractivity contribution in [2.45, 2.75) is 12.8 Å². The molecule has 1 saturated heterocycles. The molecule has 0 spiro atoms. The molecule has 0 aliphatic carbocycles. The van der Waals surface area contributed by atoms with Crippen molar-refractivity contribution < 1.29 is 14.6 Å². The van der Waals surface area contributed by atoms with Crippen LogP contribution in [0.5, 0.6) is 5.75 Å². The first-order valence-electron chi connectivity index (χ1n) is 5.67. The van der Waals surface area contributed by atoms with E-state index in [4.69, 9.17) is 9.84 Å². The molecule has 1 aromatic rings. The number of aliphatic carboxylic acids is 1. The quantitative estimate of drug-likeness (QED) is 0.859. The van der Waals surface area contributed by atoms with Gasteiger partial charge in [-0.25, -0.2) is 0 Å². The number of hydrogen-bond acceptors (Lipinski definition) is 4. The van der Waals surface area contributed by atoms with E-state index >= 15 is 0 Å². The maximum Gasteiger partial charge on any atom is 0.308 e. The lowest BCUT2D eigenvalue weighted by molar-refractivity contribution is -0.141. The van der Waals surface area contributed by atoms with E-state index in [1.54, 1.807) is 19.5 Å². The lowest BCUT2D eigenvalue weighted by atomic mass is 9.98. The largest absolute Gasteiger partial charge is 0.495 e. The monoisotopic (exact) mass is 236 g/mol. The van der Waals surface area contributed by atoms with Crippen molar-refractivity contribution in [1.82, 2.24) is 4.98 Å². The smallest absolute Gasteiger partial charge is 0.308 e. The van der Waals surface area contributed by atoms with Crippen LogP contribution in [-0.2, 0) is 4.79 Å². The van der Waals surface area contributed by atoms with Gasteiger partial charge < -0.3 is 14.7 Å². The van der Waals surface area contributed by atoms with Gasteiger partial charge in [0.25, 0.3) is 0 Å². The van der Waals surface area contributed by atoms with Gasteiger partial charge in [-0.2, -0.15) is 0 Å². The average molecular weight is 236 g/mol. The molecule has 17 heavy (non-hydrogen) atoms. The van der Waals surface area contributed by atoms with E-state index in [-0.39, 0.29) is 5.92 Å². The number of rotatable bonds is 3. The molecular formula is C12H16N2O3. The zero-order valence-electron chi connectivity index (χ0n) is 9.80. The molecule has 0 amide bonds. The lowest BCUT2D eigenvalue weighted by Crippen LogP contribution is -2.38. The predicted octanol–water partition coefficient (Wildman–Crippen LogP) is 1.39. The molecule has 1 aliphatic heterocycles. The highest BCUT2D eigenvalue weighted by atomic mass is 16.5. The SMILES string of the molecule is COc1cncc(N2CCCC(C(=O)O)C2)c1. The van der Waals surface area contributed by atoms with Gasteiger partial charge in [0.2, 0.25) is 0 Å². The van der Waals surface area contributed by atoms with E-state index in [1.807, 2.05) is 6.07 Å². The summed E-state index contributed by atoms with van der Waals surface area (Å²) in [5.41, 5.74) is 0.926. The molecule has 1 fully saturated rings. The first kappa shape index (κ1) is 11.7. The Kier molecular flexibility index (Phi) is 3.46. The van der Waals surface area contributed by atoms with Crippen LogP contribution in [0.2, 0.25) is 0 Å². The average Bonchev–Trinajstić information content (AvgIpc) is 2.39. The molecule has 2 heterocycles. The van der Waals surface area contributed by atoms with E-state index in [0.717, 1.165) is 25.1 Å². The molecule has 92 valence electrons. The highest BCUT2D eigenvalue weighted by molar-refractivity contribution is 5.71. The van der Waals surface area contributed by atoms with Crippen LogP contribution >= 0.6 is 0 Å². The number of hydrogen-bond donors (Lipinski definition) is 1. The molecule has 5 nitrogen and oxygen atoms in total. The number of pyridine rings is 1. The molecule has 0 bridgehead atoms. The Bertz CT molecular complexity index is 408. The van der Waals surface area contributed by atoms with Crippen molar-refractivity contribution in [3.63, 3.8) is 0 Å².